The van der Waals surface area contributed by atoms with Crippen molar-refractivity contribution in [3.8, 4) is 22.5 Å². The predicted octanol–water partition coefficient (Wildman–Crippen LogP) is 6.60. The van der Waals surface area contributed by atoms with Gasteiger partial charge in [-0.25, -0.2) is 18.9 Å². The molecule has 4 heterocycles. The Morgan fingerprint density at radius 3 is 2.49 bits per heavy atom. The number of pyridine rings is 1. The van der Waals surface area contributed by atoms with Gasteiger partial charge < -0.3 is 10.2 Å². The first-order valence-corrected chi connectivity index (χ1v) is 12.9. The summed E-state index contributed by atoms with van der Waals surface area (Å²) in [5.41, 5.74) is 4.09. The van der Waals surface area contributed by atoms with Crippen LogP contribution in [0.25, 0.3) is 28.0 Å². The summed E-state index contributed by atoms with van der Waals surface area (Å²) < 4.78 is 15.7. The van der Waals surface area contributed by atoms with Crippen molar-refractivity contribution in [1.29, 1.82) is 0 Å². The maximum atomic E-state index is 13.8. The van der Waals surface area contributed by atoms with Gasteiger partial charge in [0.2, 0.25) is 5.95 Å². The van der Waals surface area contributed by atoms with E-state index in [1.165, 1.54) is 31.4 Å². The quantitative estimate of drug-likeness (QED) is 0.341. The third kappa shape index (κ3) is 4.45. The van der Waals surface area contributed by atoms with Gasteiger partial charge in [-0.05, 0) is 74.6 Å². The topological polar surface area (TPSA) is 58.4 Å². The van der Waals surface area contributed by atoms with Gasteiger partial charge in [-0.3, -0.25) is 0 Å². The molecule has 1 aliphatic heterocycles. The second kappa shape index (κ2) is 9.46. The highest BCUT2D eigenvalue weighted by atomic mass is 35.5. The molecule has 0 bridgehead atoms. The molecule has 35 heavy (non-hydrogen) atoms. The second-order valence-corrected chi connectivity index (χ2v) is 9.93. The SMILES string of the molecule is Fc1ccc(-c2nn3c(N4CCCCC4)cc(Cl)cc3c2-c2ccnc(NC3CCCC3)n2)cc1. The molecule has 0 spiro atoms. The van der Waals surface area contributed by atoms with Gasteiger partial charge in [-0.1, -0.05) is 24.4 Å². The van der Waals surface area contributed by atoms with Gasteiger partial charge in [-0.2, -0.15) is 5.10 Å². The molecule has 1 saturated heterocycles. The lowest BCUT2D eigenvalue weighted by Gasteiger charge is -2.29. The van der Waals surface area contributed by atoms with Crippen LogP contribution in [0.4, 0.5) is 16.2 Å². The summed E-state index contributed by atoms with van der Waals surface area (Å²) >= 11 is 6.66. The molecule has 0 amide bonds. The van der Waals surface area contributed by atoms with E-state index in [0.717, 1.165) is 72.6 Å². The van der Waals surface area contributed by atoms with Crippen molar-refractivity contribution < 1.29 is 4.39 Å². The van der Waals surface area contributed by atoms with Crippen LogP contribution in [-0.4, -0.2) is 38.7 Å². The van der Waals surface area contributed by atoms with Crippen molar-refractivity contribution in [2.45, 2.75) is 51.0 Å². The first-order valence-electron chi connectivity index (χ1n) is 12.5. The summed E-state index contributed by atoms with van der Waals surface area (Å²) in [7, 11) is 0. The summed E-state index contributed by atoms with van der Waals surface area (Å²) in [5.74, 6) is 1.32. The smallest absolute Gasteiger partial charge is 0.223 e. The number of benzene rings is 1. The number of rotatable bonds is 5. The number of anilines is 2. The first kappa shape index (κ1) is 22.3. The third-order valence-electron chi connectivity index (χ3n) is 7.08. The Labute approximate surface area is 209 Å². The van der Waals surface area contributed by atoms with E-state index in [9.17, 15) is 4.39 Å². The Morgan fingerprint density at radius 2 is 1.71 bits per heavy atom. The Kier molecular flexibility index (Phi) is 6.02. The molecule has 0 radical (unpaired) electrons. The van der Waals surface area contributed by atoms with Crippen LogP contribution in [-0.2, 0) is 0 Å². The number of halogens is 2. The van der Waals surface area contributed by atoms with Crippen LogP contribution in [0.5, 0.6) is 0 Å². The van der Waals surface area contributed by atoms with Gasteiger partial charge >= 0.3 is 0 Å². The van der Waals surface area contributed by atoms with Crippen LogP contribution in [0.15, 0.2) is 48.7 Å². The maximum Gasteiger partial charge on any atom is 0.223 e. The minimum Gasteiger partial charge on any atom is -0.357 e. The third-order valence-corrected chi connectivity index (χ3v) is 7.30. The zero-order valence-electron chi connectivity index (χ0n) is 19.6. The molecule has 1 aromatic carbocycles. The van der Waals surface area contributed by atoms with E-state index in [0.29, 0.717) is 17.0 Å². The number of aromatic nitrogens is 4. The van der Waals surface area contributed by atoms with E-state index in [-0.39, 0.29) is 5.82 Å². The molecule has 2 aliphatic rings. The van der Waals surface area contributed by atoms with Crippen molar-refractivity contribution in [3.05, 3.63) is 59.5 Å². The minimum atomic E-state index is -0.277. The van der Waals surface area contributed by atoms with Crippen molar-refractivity contribution in [2.24, 2.45) is 0 Å². The van der Waals surface area contributed by atoms with Crippen LogP contribution >= 0.6 is 11.6 Å². The highest BCUT2D eigenvalue weighted by molar-refractivity contribution is 6.31. The fraction of sp³-hybridized carbons (Fsp3) is 0.370. The molecule has 1 N–H and O–H groups in total. The predicted molar refractivity (Wildman–Crippen MR) is 139 cm³/mol. The van der Waals surface area contributed by atoms with Gasteiger partial charge in [0.15, 0.2) is 0 Å². The maximum absolute atomic E-state index is 13.8. The Hall–Kier alpha value is -3.19. The van der Waals surface area contributed by atoms with Crippen LogP contribution < -0.4 is 10.2 Å². The van der Waals surface area contributed by atoms with E-state index in [1.807, 2.05) is 22.7 Å². The molecule has 3 aromatic heterocycles. The van der Waals surface area contributed by atoms with Crippen molar-refractivity contribution in [1.82, 2.24) is 19.6 Å². The lowest BCUT2D eigenvalue weighted by molar-refractivity contribution is 0.569. The molecule has 8 heteroatoms. The van der Waals surface area contributed by atoms with Gasteiger partial charge in [0.25, 0.3) is 0 Å². The van der Waals surface area contributed by atoms with Crippen LogP contribution in [0.1, 0.15) is 44.9 Å². The van der Waals surface area contributed by atoms with Gasteiger partial charge in [0.1, 0.15) is 17.3 Å². The molecule has 1 aliphatic carbocycles. The molecule has 180 valence electrons. The number of hydrogen-bond donors (Lipinski definition) is 1. The first-order chi connectivity index (χ1) is 17.2. The molecule has 4 aromatic rings. The average molecular weight is 491 g/mol. The summed E-state index contributed by atoms with van der Waals surface area (Å²) in [4.78, 5) is 11.7. The highest BCUT2D eigenvalue weighted by Gasteiger charge is 2.24. The molecular formula is C27H28ClFN6. The fourth-order valence-electron chi connectivity index (χ4n) is 5.33. The fourth-order valence-corrected chi connectivity index (χ4v) is 5.53. The molecule has 6 rings (SSSR count). The second-order valence-electron chi connectivity index (χ2n) is 9.50. The Balaban J connectivity index is 1.53. The summed E-state index contributed by atoms with van der Waals surface area (Å²) in [6, 6.07) is 12.7. The summed E-state index contributed by atoms with van der Waals surface area (Å²) in [6.45, 7) is 1.94. The molecule has 6 nitrogen and oxygen atoms in total. The normalized spacial score (nSPS) is 16.8. The van der Waals surface area contributed by atoms with E-state index in [4.69, 9.17) is 21.7 Å². The van der Waals surface area contributed by atoms with Crippen molar-refractivity contribution in [3.63, 3.8) is 0 Å². The van der Waals surface area contributed by atoms with E-state index < -0.39 is 0 Å². The summed E-state index contributed by atoms with van der Waals surface area (Å²) in [6.07, 6.45) is 10.1. The molecule has 0 unspecified atom stereocenters. The summed E-state index contributed by atoms with van der Waals surface area (Å²) in [5, 5.41) is 9.21. The van der Waals surface area contributed by atoms with Gasteiger partial charge in [-0.15, -0.1) is 0 Å². The molecule has 2 fully saturated rings. The van der Waals surface area contributed by atoms with Crippen LogP contribution in [0.2, 0.25) is 5.02 Å². The monoisotopic (exact) mass is 490 g/mol. The minimum absolute atomic E-state index is 0.277. The Morgan fingerprint density at radius 1 is 0.943 bits per heavy atom. The lowest BCUT2D eigenvalue weighted by atomic mass is 10.0. The van der Waals surface area contributed by atoms with Crippen molar-refractivity contribution in [2.75, 3.05) is 23.3 Å². The number of fused-ring (bicyclic) bond motifs is 1. The van der Waals surface area contributed by atoms with Gasteiger partial charge in [0, 0.05) is 35.9 Å². The lowest BCUT2D eigenvalue weighted by Crippen LogP contribution is -2.31. The molecular weight excluding hydrogens is 463 g/mol. The van der Waals surface area contributed by atoms with E-state index >= 15 is 0 Å². The van der Waals surface area contributed by atoms with E-state index in [2.05, 4.69) is 15.2 Å². The van der Waals surface area contributed by atoms with Crippen LogP contribution in [0.3, 0.4) is 0 Å². The van der Waals surface area contributed by atoms with E-state index in [1.54, 1.807) is 18.3 Å². The van der Waals surface area contributed by atoms with Crippen LogP contribution in [0, 0.1) is 5.82 Å². The Bertz CT molecular complexity index is 1340. The molecule has 1 saturated carbocycles. The van der Waals surface area contributed by atoms with Crippen molar-refractivity contribution >= 4 is 28.9 Å². The largest absolute Gasteiger partial charge is 0.357 e. The number of piperidine rings is 1. The zero-order valence-corrected chi connectivity index (χ0v) is 20.3. The number of nitrogens with one attached hydrogen (secondary N) is 1. The number of nitrogens with zero attached hydrogens (tertiary/aromatic N) is 5. The average Bonchev–Trinajstić information content (AvgIpc) is 3.52. The standard InChI is InChI=1S/C27H28ClFN6/c28-19-16-23-25(22-12-13-30-27(32-22)31-21-6-2-3-7-21)26(18-8-10-20(29)11-9-18)33-35(23)24(17-19)34-14-4-1-5-15-34/h8-13,16-17,21H,1-7,14-15H2,(H,30,31,32). The number of hydrogen-bond acceptors (Lipinski definition) is 5. The molecule has 0 atom stereocenters. The van der Waals surface area contributed by atoms with Gasteiger partial charge in [0.05, 0.1) is 16.8 Å². The highest BCUT2D eigenvalue weighted by Crippen LogP contribution is 2.38. The zero-order chi connectivity index (χ0) is 23.8.